The number of benzene rings is 1. The van der Waals surface area contributed by atoms with Gasteiger partial charge in [0, 0.05) is 12.6 Å². The highest BCUT2D eigenvalue weighted by Gasteiger charge is 2.27. The molecular formula is C20H26N2O4. The van der Waals surface area contributed by atoms with Crippen molar-refractivity contribution in [3.05, 3.63) is 54.0 Å². The van der Waals surface area contributed by atoms with Crippen molar-refractivity contribution in [1.82, 2.24) is 10.2 Å². The third kappa shape index (κ3) is 5.12. The first kappa shape index (κ1) is 19.6. The van der Waals surface area contributed by atoms with E-state index < -0.39 is 6.04 Å². The molecule has 0 fully saturated rings. The molecule has 0 saturated carbocycles. The van der Waals surface area contributed by atoms with Crippen LogP contribution in [-0.2, 0) is 11.3 Å². The molecule has 0 aliphatic rings. The lowest BCUT2D eigenvalue weighted by atomic mass is 10.0. The maximum absolute atomic E-state index is 12.8. The molecule has 2 aromatic rings. The first-order valence-corrected chi connectivity index (χ1v) is 8.73. The van der Waals surface area contributed by atoms with Crippen LogP contribution in [0.1, 0.15) is 36.9 Å². The molecule has 26 heavy (non-hydrogen) atoms. The Morgan fingerprint density at radius 3 is 2.42 bits per heavy atom. The molecule has 1 atom stereocenters. The van der Waals surface area contributed by atoms with E-state index in [1.54, 1.807) is 48.5 Å². The Hall–Kier alpha value is -2.76. The van der Waals surface area contributed by atoms with E-state index in [4.69, 9.17) is 9.15 Å². The van der Waals surface area contributed by atoms with E-state index in [0.717, 1.165) is 0 Å². The standard InChI is InChI=1S/C20H26N2O4/c1-5-25-16-10-8-15(9-11-16)19(23)21-18(14(2)3)20(24)22(4)13-17-7-6-12-26-17/h6-12,14,18H,5,13H2,1-4H3,(H,21,23)/t18-/m0/s1. The molecule has 2 amide bonds. The first-order valence-electron chi connectivity index (χ1n) is 8.73. The van der Waals surface area contributed by atoms with Gasteiger partial charge in [-0.05, 0) is 49.2 Å². The van der Waals surface area contributed by atoms with Crippen LogP contribution in [0.5, 0.6) is 5.75 Å². The number of amides is 2. The van der Waals surface area contributed by atoms with Gasteiger partial charge in [0.1, 0.15) is 17.6 Å². The van der Waals surface area contributed by atoms with Crippen molar-refractivity contribution in [2.24, 2.45) is 5.92 Å². The number of rotatable bonds is 8. The second kappa shape index (κ2) is 9.08. The van der Waals surface area contributed by atoms with E-state index in [1.165, 1.54) is 0 Å². The molecular weight excluding hydrogens is 332 g/mol. The minimum absolute atomic E-state index is 0.0480. The van der Waals surface area contributed by atoms with Crippen LogP contribution < -0.4 is 10.1 Å². The molecule has 0 radical (unpaired) electrons. The SMILES string of the molecule is CCOc1ccc(C(=O)N[C@H](C(=O)N(C)Cc2ccco2)C(C)C)cc1. The lowest BCUT2D eigenvalue weighted by Gasteiger charge is -2.26. The van der Waals surface area contributed by atoms with Crippen molar-refractivity contribution in [3.63, 3.8) is 0 Å². The Balaban J connectivity index is 2.04. The predicted molar refractivity (Wildman–Crippen MR) is 98.9 cm³/mol. The number of likely N-dealkylation sites (N-methyl/N-ethyl adjacent to an activating group) is 1. The monoisotopic (exact) mass is 358 g/mol. The number of furan rings is 1. The van der Waals surface area contributed by atoms with E-state index in [2.05, 4.69) is 5.32 Å². The largest absolute Gasteiger partial charge is 0.494 e. The fourth-order valence-corrected chi connectivity index (χ4v) is 2.56. The Labute approximate surface area is 154 Å². The van der Waals surface area contributed by atoms with Crippen LogP contribution >= 0.6 is 0 Å². The van der Waals surface area contributed by atoms with Crippen molar-refractivity contribution >= 4 is 11.8 Å². The molecule has 2 rings (SSSR count). The van der Waals surface area contributed by atoms with Crippen LogP contribution in [-0.4, -0.2) is 36.4 Å². The summed E-state index contributed by atoms with van der Waals surface area (Å²) in [5.41, 5.74) is 0.487. The number of nitrogens with one attached hydrogen (secondary N) is 1. The molecule has 1 aromatic heterocycles. The van der Waals surface area contributed by atoms with E-state index in [1.807, 2.05) is 26.8 Å². The molecule has 1 aromatic carbocycles. The Morgan fingerprint density at radius 2 is 1.88 bits per heavy atom. The van der Waals surface area contributed by atoms with Gasteiger partial charge in [0.2, 0.25) is 5.91 Å². The number of carbonyl (C=O) groups is 2. The third-order valence-electron chi connectivity index (χ3n) is 4.00. The number of nitrogens with zero attached hydrogens (tertiary/aromatic N) is 1. The normalized spacial score (nSPS) is 11.9. The lowest BCUT2D eigenvalue weighted by Crippen LogP contribution is -2.50. The number of ether oxygens (including phenoxy) is 1. The van der Waals surface area contributed by atoms with Crippen LogP contribution in [0, 0.1) is 5.92 Å². The van der Waals surface area contributed by atoms with Crippen molar-refractivity contribution in [3.8, 4) is 5.75 Å². The smallest absolute Gasteiger partial charge is 0.251 e. The highest BCUT2D eigenvalue weighted by molar-refractivity contribution is 5.97. The molecule has 0 spiro atoms. The summed E-state index contributed by atoms with van der Waals surface area (Å²) in [6.45, 7) is 6.63. The quantitative estimate of drug-likeness (QED) is 0.787. The third-order valence-corrected chi connectivity index (χ3v) is 4.00. The van der Waals surface area contributed by atoms with E-state index in [9.17, 15) is 9.59 Å². The molecule has 0 aliphatic carbocycles. The summed E-state index contributed by atoms with van der Waals surface area (Å²) in [4.78, 5) is 26.9. The average molecular weight is 358 g/mol. The van der Waals surface area contributed by atoms with E-state index in [-0.39, 0.29) is 17.7 Å². The summed E-state index contributed by atoms with van der Waals surface area (Å²) < 4.78 is 10.7. The molecule has 1 N–H and O–H groups in total. The van der Waals surface area contributed by atoms with E-state index >= 15 is 0 Å². The summed E-state index contributed by atoms with van der Waals surface area (Å²) >= 11 is 0. The van der Waals surface area contributed by atoms with Crippen LogP contribution in [0.25, 0.3) is 0 Å². The lowest BCUT2D eigenvalue weighted by molar-refractivity contribution is -0.133. The Bertz CT molecular complexity index is 708. The zero-order valence-corrected chi connectivity index (χ0v) is 15.7. The molecule has 0 unspecified atom stereocenters. The van der Waals surface area contributed by atoms with E-state index in [0.29, 0.717) is 30.2 Å². The molecule has 6 heteroatoms. The fraction of sp³-hybridized carbons (Fsp3) is 0.400. The van der Waals surface area contributed by atoms with Crippen LogP contribution in [0.15, 0.2) is 47.1 Å². The fourth-order valence-electron chi connectivity index (χ4n) is 2.56. The molecule has 0 saturated heterocycles. The number of hydrogen-bond donors (Lipinski definition) is 1. The summed E-state index contributed by atoms with van der Waals surface area (Å²) in [5, 5.41) is 2.84. The molecule has 6 nitrogen and oxygen atoms in total. The molecule has 1 heterocycles. The first-order chi connectivity index (χ1) is 12.4. The zero-order chi connectivity index (χ0) is 19.1. The summed E-state index contributed by atoms with van der Waals surface area (Å²) in [5.74, 6) is 0.912. The van der Waals surface area contributed by atoms with Crippen LogP contribution in [0.4, 0.5) is 0 Å². The van der Waals surface area contributed by atoms with Crippen molar-refractivity contribution < 1.29 is 18.7 Å². The summed E-state index contributed by atoms with van der Waals surface area (Å²) in [6.07, 6.45) is 1.57. The average Bonchev–Trinajstić information content (AvgIpc) is 3.12. The summed E-state index contributed by atoms with van der Waals surface area (Å²) in [6, 6.07) is 9.84. The summed E-state index contributed by atoms with van der Waals surface area (Å²) in [7, 11) is 1.70. The van der Waals surface area contributed by atoms with Gasteiger partial charge in [0.05, 0.1) is 19.4 Å². The molecule has 0 bridgehead atoms. The van der Waals surface area contributed by atoms with Gasteiger partial charge in [-0.3, -0.25) is 9.59 Å². The molecule has 140 valence electrons. The van der Waals surface area contributed by atoms with Gasteiger partial charge >= 0.3 is 0 Å². The van der Waals surface area contributed by atoms with Gasteiger partial charge in [0.25, 0.3) is 5.91 Å². The van der Waals surface area contributed by atoms with Gasteiger partial charge in [-0.2, -0.15) is 0 Å². The van der Waals surface area contributed by atoms with Gasteiger partial charge in [-0.15, -0.1) is 0 Å². The number of carbonyl (C=O) groups excluding carboxylic acids is 2. The van der Waals surface area contributed by atoms with Crippen LogP contribution in [0.2, 0.25) is 0 Å². The van der Waals surface area contributed by atoms with Gasteiger partial charge in [-0.1, -0.05) is 13.8 Å². The van der Waals surface area contributed by atoms with Gasteiger partial charge in [0.15, 0.2) is 0 Å². The maximum Gasteiger partial charge on any atom is 0.251 e. The number of hydrogen-bond acceptors (Lipinski definition) is 4. The van der Waals surface area contributed by atoms with Crippen molar-refractivity contribution in [2.45, 2.75) is 33.4 Å². The molecule has 0 aliphatic heterocycles. The second-order valence-electron chi connectivity index (χ2n) is 6.43. The predicted octanol–water partition coefficient (Wildman–Crippen LogP) is 3.09. The second-order valence-corrected chi connectivity index (χ2v) is 6.43. The maximum atomic E-state index is 12.8. The highest BCUT2D eigenvalue weighted by atomic mass is 16.5. The van der Waals surface area contributed by atoms with Crippen molar-refractivity contribution in [1.29, 1.82) is 0 Å². The zero-order valence-electron chi connectivity index (χ0n) is 15.7. The minimum Gasteiger partial charge on any atom is -0.494 e. The van der Waals surface area contributed by atoms with Crippen LogP contribution in [0.3, 0.4) is 0 Å². The Kier molecular flexibility index (Phi) is 6.83. The Morgan fingerprint density at radius 1 is 1.19 bits per heavy atom. The van der Waals surface area contributed by atoms with Gasteiger partial charge < -0.3 is 19.4 Å². The minimum atomic E-state index is -0.617. The highest BCUT2D eigenvalue weighted by Crippen LogP contribution is 2.14. The topological polar surface area (TPSA) is 71.8 Å². The van der Waals surface area contributed by atoms with Crippen molar-refractivity contribution in [2.75, 3.05) is 13.7 Å². The van der Waals surface area contributed by atoms with Gasteiger partial charge in [-0.25, -0.2) is 0 Å².